The molecule has 0 atom stereocenters. The summed E-state index contributed by atoms with van der Waals surface area (Å²) in [6.07, 6.45) is -1.13. The van der Waals surface area contributed by atoms with E-state index in [0.717, 1.165) is 0 Å². The average Bonchev–Trinajstić information content (AvgIpc) is 1.81. The van der Waals surface area contributed by atoms with E-state index in [9.17, 15) is 13.2 Å². The van der Waals surface area contributed by atoms with Gasteiger partial charge in [0.25, 0.3) is 10.1 Å². The van der Waals surface area contributed by atoms with Crippen LogP contribution in [0.1, 0.15) is 0 Å². The molecule has 0 aromatic heterocycles. The van der Waals surface area contributed by atoms with Crippen LogP contribution in [-0.2, 0) is 15.0 Å². The lowest BCUT2D eigenvalue weighted by Crippen LogP contribution is -2.31. The molecule has 8 heteroatoms. The standard InChI is InChI=1S/C2H6N2O5S/c3-9-2(5)4-1-10(6,7)8/h1,3H2,(H,4,5)(H,6,7,8). The van der Waals surface area contributed by atoms with E-state index >= 15 is 0 Å². The van der Waals surface area contributed by atoms with E-state index in [2.05, 4.69) is 10.7 Å². The molecular formula is C2H6N2O5S. The van der Waals surface area contributed by atoms with Gasteiger partial charge in [-0.05, 0) is 0 Å². The number of amides is 1. The summed E-state index contributed by atoms with van der Waals surface area (Å²) in [4.78, 5) is 13.5. The van der Waals surface area contributed by atoms with Crippen LogP contribution in [0.25, 0.3) is 0 Å². The summed E-state index contributed by atoms with van der Waals surface area (Å²) >= 11 is 0. The molecule has 10 heavy (non-hydrogen) atoms. The first kappa shape index (κ1) is 9.14. The topological polar surface area (TPSA) is 119 Å². The number of carbonyl (C=O) groups excluding carboxylic acids is 1. The van der Waals surface area contributed by atoms with Crippen molar-refractivity contribution in [1.82, 2.24) is 5.32 Å². The van der Waals surface area contributed by atoms with Crippen molar-refractivity contribution in [3.63, 3.8) is 0 Å². The molecule has 1 amide bonds. The second kappa shape index (κ2) is 3.34. The van der Waals surface area contributed by atoms with E-state index in [4.69, 9.17) is 4.55 Å². The summed E-state index contributed by atoms with van der Waals surface area (Å²) in [5.41, 5.74) is 0. The van der Waals surface area contributed by atoms with Gasteiger partial charge >= 0.3 is 6.09 Å². The molecule has 0 fully saturated rings. The zero-order valence-electron chi connectivity index (χ0n) is 4.77. The molecule has 0 rings (SSSR count). The van der Waals surface area contributed by atoms with Crippen molar-refractivity contribution in [2.24, 2.45) is 5.90 Å². The highest BCUT2D eigenvalue weighted by Crippen LogP contribution is 1.76. The van der Waals surface area contributed by atoms with Gasteiger partial charge in [0.1, 0.15) is 5.88 Å². The van der Waals surface area contributed by atoms with Gasteiger partial charge in [0.05, 0.1) is 0 Å². The van der Waals surface area contributed by atoms with Crippen molar-refractivity contribution >= 4 is 16.2 Å². The third-order valence-corrected chi connectivity index (χ3v) is 1.02. The van der Waals surface area contributed by atoms with Gasteiger partial charge in [-0.1, -0.05) is 0 Å². The molecule has 0 unspecified atom stereocenters. The molecule has 0 aromatic rings. The fourth-order valence-corrected chi connectivity index (χ4v) is 0.492. The van der Waals surface area contributed by atoms with Gasteiger partial charge in [0.15, 0.2) is 0 Å². The van der Waals surface area contributed by atoms with Gasteiger partial charge in [0.2, 0.25) is 0 Å². The molecule has 0 aliphatic rings. The first-order chi connectivity index (χ1) is 4.45. The smallest absolute Gasteiger partial charge is 0.357 e. The van der Waals surface area contributed by atoms with E-state index in [1.807, 2.05) is 0 Å². The largest absolute Gasteiger partial charge is 0.426 e. The van der Waals surface area contributed by atoms with E-state index in [1.165, 1.54) is 0 Å². The van der Waals surface area contributed by atoms with Crippen LogP contribution < -0.4 is 11.2 Å². The maximum atomic E-state index is 10.0. The van der Waals surface area contributed by atoms with Crippen LogP contribution in [0, 0.1) is 0 Å². The summed E-state index contributed by atoms with van der Waals surface area (Å²) in [5.74, 6) is 3.40. The Morgan fingerprint density at radius 3 is 2.50 bits per heavy atom. The van der Waals surface area contributed by atoms with E-state index in [1.54, 1.807) is 5.32 Å². The Kier molecular flexibility index (Phi) is 3.06. The highest BCUT2D eigenvalue weighted by molar-refractivity contribution is 7.85. The van der Waals surface area contributed by atoms with Crippen molar-refractivity contribution in [1.29, 1.82) is 0 Å². The van der Waals surface area contributed by atoms with E-state index < -0.39 is 22.1 Å². The molecule has 0 saturated carbocycles. The number of hydrogen-bond acceptors (Lipinski definition) is 5. The zero-order valence-corrected chi connectivity index (χ0v) is 5.59. The predicted molar refractivity (Wildman–Crippen MR) is 30.2 cm³/mol. The molecule has 0 heterocycles. The second-order valence-corrected chi connectivity index (χ2v) is 2.76. The van der Waals surface area contributed by atoms with Crippen molar-refractivity contribution in [2.45, 2.75) is 0 Å². The molecule has 60 valence electrons. The fourth-order valence-electron chi connectivity index (χ4n) is 0.192. The minimum Gasteiger partial charge on any atom is -0.357 e. The number of carbonyl (C=O) groups is 1. The molecule has 0 radical (unpaired) electrons. The minimum atomic E-state index is -4.20. The molecular weight excluding hydrogens is 164 g/mol. The second-order valence-electron chi connectivity index (χ2n) is 1.31. The molecule has 0 aliphatic carbocycles. The Balaban J connectivity index is 3.67. The summed E-state index contributed by atoms with van der Waals surface area (Å²) < 4.78 is 27.8. The fraction of sp³-hybridized carbons (Fsp3) is 0.500. The van der Waals surface area contributed by atoms with Crippen LogP contribution in [0.3, 0.4) is 0 Å². The van der Waals surface area contributed by atoms with Gasteiger partial charge in [-0.2, -0.15) is 14.3 Å². The Hall–Kier alpha value is -0.860. The number of nitrogens with one attached hydrogen (secondary N) is 1. The summed E-state index contributed by atoms with van der Waals surface area (Å²) in [5, 5.41) is 1.65. The van der Waals surface area contributed by atoms with Gasteiger partial charge in [0, 0.05) is 0 Å². The highest BCUT2D eigenvalue weighted by atomic mass is 32.2. The van der Waals surface area contributed by atoms with Gasteiger partial charge in [-0.3, -0.25) is 4.55 Å². The van der Waals surface area contributed by atoms with Gasteiger partial charge in [-0.15, -0.1) is 0 Å². The monoisotopic (exact) mass is 170 g/mol. The molecule has 7 nitrogen and oxygen atoms in total. The summed E-state index contributed by atoms with van der Waals surface area (Å²) in [6.45, 7) is 0. The number of rotatable bonds is 2. The minimum absolute atomic E-state index is 0.914. The summed E-state index contributed by atoms with van der Waals surface area (Å²) in [6, 6.07) is 0. The predicted octanol–water partition coefficient (Wildman–Crippen LogP) is -1.57. The van der Waals surface area contributed by atoms with Crippen molar-refractivity contribution < 1.29 is 22.6 Å². The van der Waals surface area contributed by atoms with Gasteiger partial charge in [-0.25, -0.2) is 4.79 Å². The lowest BCUT2D eigenvalue weighted by molar-refractivity contribution is 0.149. The third kappa shape index (κ3) is 5.28. The normalized spacial score (nSPS) is 10.6. The Morgan fingerprint density at radius 2 is 2.20 bits per heavy atom. The van der Waals surface area contributed by atoms with Crippen LogP contribution in [0.5, 0.6) is 0 Å². The number of hydrogen-bond donors (Lipinski definition) is 3. The Labute approximate surface area is 56.9 Å². The highest BCUT2D eigenvalue weighted by Gasteiger charge is 2.06. The first-order valence-electron chi connectivity index (χ1n) is 2.05. The lowest BCUT2D eigenvalue weighted by atomic mass is 11.1. The van der Waals surface area contributed by atoms with E-state index in [-0.39, 0.29) is 0 Å². The lowest BCUT2D eigenvalue weighted by Gasteiger charge is -1.97. The molecule has 0 bridgehead atoms. The molecule has 4 N–H and O–H groups in total. The van der Waals surface area contributed by atoms with Crippen LogP contribution in [0.2, 0.25) is 0 Å². The maximum absolute atomic E-state index is 10.0. The molecule has 0 spiro atoms. The van der Waals surface area contributed by atoms with Crippen molar-refractivity contribution in [3.05, 3.63) is 0 Å². The third-order valence-electron chi connectivity index (χ3n) is 0.506. The van der Waals surface area contributed by atoms with E-state index in [0.29, 0.717) is 0 Å². The summed E-state index contributed by atoms with van der Waals surface area (Å²) in [7, 11) is -4.20. The molecule has 0 aromatic carbocycles. The maximum Gasteiger partial charge on any atom is 0.426 e. The van der Waals surface area contributed by atoms with Gasteiger partial charge < -0.3 is 10.2 Å². The van der Waals surface area contributed by atoms with Crippen LogP contribution >= 0.6 is 0 Å². The quantitative estimate of drug-likeness (QED) is 0.340. The van der Waals surface area contributed by atoms with Crippen molar-refractivity contribution in [3.8, 4) is 0 Å². The van der Waals surface area contributed by atoms with Crippen LogP contribution in [0.4, 0.5) is 4.79 Å². The Morgan fingerprint density at radius 1 is 1.70 bits per heavy atom. The average molecular weight is 170 g/mol. The van der Waals surface area contributed by atoms with Crippen LogP contribution in [0.15, 0.2) is 0 Å². The van der Waals surface area contributed by atoms with Crippen LogP contribution in [-0.4, -0.2) is 24.9 Å². The SMILES string of the molecule is NOC(=O)NCS(=O)(=O)O. The molecule has 0 saturated heterocycles. The zero-order chi connectivity index (χ0) is 8.20. The van der Waals surface area contributed by atoms with Crippen molar-refractivity contribution in [2.75, 3.05) is 5.88 Å². The molecule has 0 aliphatic heterocycles. The first-order valence-corrected chi connectivity index (χ1v) is 3.66. The number of nitrogens with two attached hydrogens (primary N) is 1. The Bertz CT molecular complexity index is 208.